The van der Waals surface area contributed by atoms with Crippen molar-refractivity contribution in [3.8, 4) is 5.75 Å². The summed E-state index contributed by atoms with van der Waals surface area (Å²) in [7, 11) is 1.51. The van der Waals surface area contributed by atoms with Crippen molar-refractivity contribution in [1.82, 2.24) is 10.3 Å². The van der Waals surface area contributed by atoms with Crippen LogP contribution in [0.1, 0.15) is 33.5 Å². The summed E-state index contributed by atoms with van der Waals surface area (Å²) in [6.45, 7) is 2.52. The first-order valence-corrected chi connectivity index (χ1v) is 9.21. The molecule has 146 valence electrons. The number of amides is 1. The molecule has 0 aliphatic carbocycles. The number of nitrogens with one attached hydrogen (secondary N) is 2. The van der Waals surface area contributed by atoms with Crippen molar-refractivity contribution in [2.24, 2.45) is 0 Å². The maximum Gasteiger partial charge on any atom is 0.335 e. The molecule has 0 aliphatic heterocycles. The van der Waals surface area contributed by atoms with E-state index in [-0.39, 0.29) is 11.5 Å². The van der Waals surface area contributed by atoms with Gasteiger partial charge in [-0.2, -0.15) is 0 Å². The lowest BCUT2D eigenvalue weighted by atomic mass is 10.1. The second-order valence-electron chi connectivity index (χ2n) is 6.79. The fourth-order valence-corrected chi connectivity index (χ4v) is 3.26. The van der Waals surface area contributed by atoms with Gasteiger partial charge in [-0.25, -0.2) is 4.79 Å². The van der Waals surface area contributed by atoms with Crippen LogP contribution in [0.15, 0.2) is 42.6 Å². The van der Waals surface area contributed by atoms with Gasteiger partial charge < -0.3 is 20.1 Å². The first kappa shape index (κ1) is 19.5. The molecule has 0 fully saturated rings. The van der Waals surface area contributed by atoms with E-state index in [0.717, 1.165) is 22.0 Å². The molecule has 6 nitrogen and oxygen atoms in total. The van der Waals surface area contributed by atoms with Crippen LogP contribution in [0, 0.1) is 6.92 Å². The number of hydrogen-bond donors (Lipinski definition) is 3. The van der Waals surface area contributed by atoms with Crippen molar-refractivity contribution >= 4 is 22.8 Å². The zero-order valence-electron chi connectivity index (χ0n) is 16.0. The molecule has 28 heavy (non-hydrogen) atoms. The number of aromatic carboxylic acids is 1. The molecule has 2 aromatic carbocycles. The molecule has 1 amide bonds. The molecule has 0 saturated heterocycles. The smallest absolute Gasteiger partial charge is 0.335 e. The number of benzene rings is 2. The number of carboxylic acid groups (broad SMARTS) is 1. The highest BCUT2D eigenvalue weighted by Crippen LogP contribution is 2.22. The molecular formula is C22H24N2O4. The van der Waals surface area contributed by atoms with Gasteiger partial charge in [0.2, 0.25) is 5.91 Å². The minimum Gasteiger partial charge on any atom is -0.496 e. The topological polar surface area (TPSA) is 91.4 Å². The highest BCUT2D eigenvalue weighted by atomic mass is 16.5. The Labute approximate surface area is 163 Å². The van der Waals surface area contributed by atoms with E-state index in [4.69, 9.17) is 9.84 Å². The van der Waals surface area contributed by atoms with Crippen molar-refractivity contribution in [2.75, 3.05) is 13.7 Å². The monoisotopic (exact) mass is 380 g/mol. The fraction of sp³-hybridized carbons (Fsp3) is 0.273. The number of fused-ring (bicyclic) bond motifs is 1. The maximum absolute atomic E-state index is 12.2. The van der Waals surface area contributed by atoms with E-state index in [9.17, 15) is 9.59 Å². The van der Waals surface area contributed by atoms with Crippen LogP contribution in [0.4, 0.5) is 0 Å². The minimum atomic E-state index is -0.995. The van der Waals surface area contributed by atoms with Gasteiger partial charge in [-0.15, -0.1) is 0 Å². The summed E-state index contributed by atoms with van der Waals surface area (Å²) >= 11 is 0. The number of carboxylic acids is 1. The van der Waals surface area contributed by atoms with Crippen molar-refractivity contribution in [3.05, 3.63) is 64.8 Å². The standard InChI is InChI=1S/C22H24N2O4/c1-14-3-7-19-18(11-14)17(13-24-19)6-8-21(25)23-10-9-15-4-5-16(22(26)27)12-20(15)28-2/h3-5,7,11-13,24H,6,8-10H2,1-2H3,(H,23,25)(H,26,27). The number of aromatic amines is 1. The van der Waals surface area contributed by atoms with Crippen LogP contribution in [-0.4, -0.2) is 35.6 Å². The normalized spacial score (nSPS) is 10.8. The van der Waals surface area contributed by atoms with E-state index >= 15 is 0 Å². The zero-order valence-corrected chi connectivity index (χ0v) is 16.0. The van der Waals surface area contributed by atoms with Crippen LogP contribution in [-0.2, 0) is 17.6 Å². The Morgan fingerprint density at radius 2 is 1.93 bits per heavy atom. The number of hydrogen-bond acceptors (Lipinski definition) is 3. The van der Waals surface area contributed by atoms with Gasteiger partial charge in [0, 0.05) is 30.1 Å². The number of aromatic nitrogens is 1. The first-order chi connectivity index (χ1) is 13.5. The Kier molecular flexibility index (Phi) is 5.99. The summed E-state index contributed by atoms with van der Waals surface area (Å²) in [5.74, 6) is -0.489. The molecule has 6 heteroatoms. The molecule has 0 unspecified atom stereocenters. The molecule has 0 bridgehead atoms. The minimum absolute atomic E-state index is 0.0110. The fourth-order valence-electron chi connectivity index (χ4n) is 3.26. The van der Waals surface area contributed by atoms with Crippen LogP contribution >= 0.6 is 0 Å². The molecule has 3 rings (SSSR count). The Morgan fingerprint density at radius 1 is 1.11 bits per heavy atom. The Balaban J connectivity index is 1.52. The van der Waals surface area contributed by atoms with Crippen LogP contribution in [0.5, 0.6) is 5.75 Å². The number of H-pyrrole nitrogens is 1. The van der Waals surface area contributed by atoms with E-state index in [1.54, 1.807) is 12.1 Å². The van der Waals surface area contributed by atoms with Gasteiger partial charge in [0.25, 0.3) is 0 Å². The van der Waals surface area contributed by atoms with Gasteiger partial charge in [-0.05, 0) is 55.2 Å². The molecule has 0 aliphatic rings. The summed E-state index contributed by atoms with van der Waals surface area (Å²) in [6.07, 6.45) is 3.62. The van der Waals surface area contributed by atoms with Crippen molar-refractivity contribution in [1.29, 1.82) is 0 Å². The second kappa shape index (κ2) is 8.61. The maximum atomic E-state index is 12.2. The van der Waals surface area contributed by atoms with Crippen LogP contribution in [0.2, 0.25) is 0 Å². The third-order valence-electron chi connectivity index (χ3n) is 4.79. The number of aryl methyl sites for hydroxylation is 2. The average molecular weight is 380 g/mol. The lowest BCUT2D eigenvalue weighted by molar-refractivity contribution is -0.121. The molecule has 0 atom stereocenters. The highest BCUT2D eigenvalue weighted by Gasteiger charge is 2.10. The number of rotatable bonds is 8. The molecule has 0 spiro atoms. The SMILES string of the molecule is COc1cc(C(=O)O)ccc1CCNC(=O)CCc1c[nH]c2ccc(C)cc12. The van der Waals surface area contributed by atoms with E-state index in [2.05, 4.69) is 35.4 Å². The lowest BCUT2D eigenvalue weighted by Crippen LogP contribution is -2.26. The summed E-state index contributed by atoms with van der Waals surface area (Å²) in [4.78, 5) is 26.5. The van der Waals surface area contributed by atoms with Gasteiger partial charge >= 0.3 is 5.97 Å². The predicted molar refractivity (Wildman–Crippen MR) is 108 cm³/mol. The summed E-state index contributed by atoms with van der Waals surface area (Å²) in [5.41, 5.74) is 4.46. The first-order valence-electron chi connectivity index (χ1n) is 9.21. The van der Waals surface area contributed by atoms with E-state index in [1.165, 1.54) is 18.7 Å². The largest absolute Gasteiger partial charge is 0.496 e. The summed E-state index contributed by atoms with van der Waals surface area (Å²) < 4.78 is 5.26. The van der Waals surface area contributed by atoms with Gasteiger partial charge in [0.1, 0.15) is 5.75 Å². The molecule has 3 N–H and O–H groups in total. The van der Waals surface area contributed by atoms with E-state index in [1.807, 2.05) is 6.20 Å². The van der Waals surface area contributed by atoms with Gasteiger partial charge in [-0.3, -0.25) is 4.79 Å². The van der Waals surface area contributed by atoms with Crippen molar-refractivity contribution < 1.29 is 19.4 Å². The number of methoxy groups -OCH3 is 1. The van der Waals surface area contributed by atoms with Gasteiger partial charge in [0.15, 0.2) is 0 Å². The molecular weight excluding hydrogens is 356 g/mol. The van der Waals surface area contributed by atoms with Crippen LogP contribution < -0.4 is 10.1 Å². The lowest BCUT2D eigenvalue weighted by Gasteiger charge is -2.10. The van der Waals surface area contributed by atoms with Crippen molar-refractivity contribution in [3.63, 3.8) is 0 Å². The zero-order chi connectivity index (χ0) is 20.1. The van der Waals surface area contributed by atoms with Crippen molar-refractivity contribution in [2.45, 2.75) is 26.2 Å². The van der Waals surface area contributed by atoms with Gasteiger partial charge in [-0.1, -0.05) is 17.7 Å². The third kappa shape index (κ3) is 4.52. The summed E-state index contributed by atoms with van der Waals surface area (Å²) in [5, 5.41) is 13.1. The number of carbonyl (C=O) groups excluding carboxylic acids is 1. The highest BCUT2D eigenvalue weighted by molar-refractivity contribution is 5.88. The Bertz CT molecular complexity index is 1010. The van der Waals surface area contributed by atoms with E-state index < -0.39 is 5.97 Å². The molecule has 3 aromatic rings. The summed E-state index contributed by atoms with van der Waals surface area (Å²) in [6, 6.07) is 11.0. The van der Waals surface area contributed by atoms with Gasteiger partial charge in [0.05, 0.1) is 12.7 Å². The second-order valence-corrected chi connectivity index (χ2v) is 6.79. The quantitative estimate of drug-likeness (QED) is 0.558. The Hall–Kier alpha value is -3.28. The number of ether oxygens (including phenoxy) is 1. The average Bonchev–Trinajstić information content (AvgIpc) is 3.08. The molecule has 1 aromatic heterocycles. The number of carbonyl (C=O) groups is 2. The molecule has 1 heterocycles. The molecule has 0 radical (unpaired) electrons. The van der Waals surface area contributed by atoms with Crippen LogP contribution in [0.25, 0.3) is 10.9 Å². The third-order valence-corrected chi connectivity index (χ3v) is 4.79. The van der Waals surface area contributed by atoms with Crippen LogP contribution in [0.3, 0.4) is 0 Å². The molecule has 0 saturated carbocycles. The van der Waals surface area contributed by atoms with E-state index in [0.29, 0.717) is 31.6 Å². The predicted octanol–water partition coefficient (Wildman–Crippen LogP) is 3.47. The Morgan fingerprint density at radius 3 is 2.68 bits per heavy atom.